The van der Waals surface area contributed by atoms with Crippen LogP contribution >= 0.6 is 0 Å². The number of rotatable bonds is 6. The van der Waals surface area contributed by atoms with Gasteiger partial charge in [0, 0.05) is 24.9 Å². The Hall–Kier alpha value is -2.33. The topological polar surface area (TPSA) is 43.4 Å². The highest BCUT2D eigenvalue weighted by molar-refractivity contribution is 5.67. The summed E-state index contributed by atoms with van der Waals surface area (Å²) in [5, 5.41) is 3.75. The molecule has 0 saturated heterocycles. The molecule has 0 saturated carbocycles. The highest BCUT2D eigenvalue weighted by Gasteiger charge is 2.39. The second-order valence-corrected chi connectivity index (χ2v) is 6.53. The van der Waals surface area contributed by atoms with E-state index in [-0.39, 0.29) is 6.04 Å². The molecule has 4 rings (SSSR count). The van der Waals surface area contributed by atoms with Gasteiger partial charge in [-0.3, -0.25) is 4.98 Å². The molecule has 1 aliphatic carbocycles. The zero-order chi connectivity index (χ0) is 17.1. The monoisotopic (exact) mass is 336 g/mol. The minimum atomic E-state index is 0.248. The van der Waals surface area contributed by atoms with E-state index in [0.29, 0.717) is 31.7 Å². The van der Waals surface area contributed by atoms with Crippen molar-refractivity contribution in [2.45, 2.75) is 25.3 Å². The molecule has 25 heavy (non-hydrogen) atoms. The van der Waals surface area contributed by atoms with Gasteiger partial charge in [-0.1, -0.05) is 30.4 Å². The van der Waals surface area contributed by atoms with Crippen molar-refractivity contribution in [1.82, 2.24) is 4.98 Å². The number of ether oxygens (including phenoxy) is 2. The summed E-state index contributed by atoms with van der Waals surface area (Å²) in [4.78, 5) is 4.31. The van der Waals surface area contributed by atoms with Crippen molar-refractivity contribution in [3.63, 3.8) is 0 Å². The lowest BCUT2D eigenvalue weighted by molar-refractivity contribution is 0.110. The van der Waals surface area contributed by atoms with Crippen LogP contribution in [0.2, 0.25) is 0 Å². The first-order chi connectivity index (χ1) is 12.4. The molecule has 3 atom stereocenters. The third kappa shape index (κ3) is 3.14. The van der Waals surface area contributed by atoms with Crippen molar-refractivity contribution >= 4 is 5.69 Å². The van der Waals surface area contributed by atoms with Gasteiger partial charge in [0.25, 0.3) is 0 Å². The lowest BCUT2D eigenvalue weighted by atomic mass is 9.77. The summed E-state index contributed by atoms with van der Waals surface area (Å²) in [6.45, 7) is 3.88. The Kier molecular flexibility index (Phi) is 4.70. The highest BCUT2D eigenvalue weighted by atomic mass is 16.5. The quantitative estimate of drug-likeness (QED) is 0.630. The van der Waals surface area contributed by atoms with E-state index in [1.54, 1.807) is 0 Å². The van der Waals surface area contributed by atoms with E-state index in [1.807, 2.05) is 31.5 Å². The first-order valence-electron chi connectivity index (χ1n) is 9.05. The number of pyridine rings is 1. The SMILES string of the molecule is CCOCCOc1cccc2c1NC(c1cccnc1)C1CC=CC21. The van der Waals surface area contributed by atoms with E-state index < -0.39 is 0 Å². The minimum Gasteiger partial charge on any atom is -0.489 e. The normalized spacial score (nSPS) is 23.6. The molecule has 0 bridgehead atoms. The number of hydrogen-bond donors (Lipinski definition) is 1. The van der Waals surface area contributed by atoms with Crippen LogP contribution in [0.4, 0.5) is 5.69 Å². The van der Waals surface area contributed by atoms with Crippen molar-refractivity contribution in [1.29, 1.82) is 0 Å². The number of aromatic nitrogens is 1. The molecular weight excluding hydrogens is 312 g/mol. The van der Waals surface area contributed by atoms with Crippen LogP contribution in [0, 0.1) is 5.92 Å². The highest BCUT2D eigenvalue weighted by Crippen LogP contribution is 2.51. The molecule has 1 aromatic carbocycles. The van der Waals surface area contributed by atoms with Gasteiger partial charge in [0.1, 0.15) is 12.4 Å². The number of nitrogens with zero attached hydrogens (tertiary/aromatic N) is 1. The van der Waals surface area contributed by atoms with Crippen molar-refractivity contribution in [2.24, 2.45) is 5.92 Å². The number of anilines is 1. The second kappa shape index (κ2) is 7.28. The average Bonchev–Trinajstić information content (AvgIpc) is 3.15. The molecule has 1 N–H and O–H groups in total. The van der Waals surface area contributed by atoms with Crippen LogP contribution in [0.3, 0.4) is 0 Å². The number of hydrogen-bond acceptors (Lipinski definition) is 4. The third-order valence-electron chi connectivity index (χ3n) is 5.09. The van der Waals surface area contributed by atoms with E-state index in [0.717, 1.165) is 17.9 Å². The Balaban J connectivity index is 1.65. The summed E-state index contributed by atoms with van der Waals surface area (Å²) in [7, 11) is 0. The fourth-order valence-electron chi connectivity index (χ4n) is 3.96. The average molecular weight is 336 g/mol. The molecule has 2 heterocycles. The number of para-hydroxylation sites is 1. The molecule has 2 aromatic rings. The lowest BCUT2D eigenvalue weighted by Gasteiger charge is -2.38. The molecule has 0 fully saturated rings. The summed E-state index contributed by atoms with van der Waals surface area (Å²) < 4.78 is 11.4. The first kappa shape index (κ1) is 16.2. The van der Waals surface area contributed by atoms with Crippen LogP contribution in [0.25, 0.3) is 0 Å². The summed E-state index contributed by atoms with van der Waals surface area (Å²) in [6.07, 6.45) is 9.53. The number of fused-ring (bicyclic) bond motifs is 3. The van der Waals surface area contributed by atoms with E-state index in [1.165, 1.54) is 11.1 Å². The van der Waals surface area contributed by atoms with Gasteiger partial charge in [-0.15, -0.1) is 0 Å². The van der Waals surface area contributed by atoms with Gasteiger partial charge in [-0.25, -0.2) is 0 Å². The van der Waals surface area contributed by atoms with Crippen LogP contribution in [0.5, 0.6) is 5.75 Å². The van der Waals surface area contributed by atoms with Gasteiger partial charge >= 0.3 is 0 Å². The second-order valence-electron chi connectivity index (χ2n) is 6.53. The Morgan fingerprint density at radius 3 is 3.00 bits per heavy atom. The van der Waals surface area contributed by atoms with Gasteiger partial charge in [0.15, 0.2) is 0 Å². The largest absolute Gasteiger partial charge is 0.489 e. The van der Waals surface area contributed by atoms with Gasteiger partial charge < -0.3 is 14.8 Å². The maximum Gasteiger partial charge on any atom is 0.142 e. The van der Waals surface area contributed by atoms with Gasteiger partial charge in [0.2, 0.25) is 0 Å². The molecule has 0 radical (unpaired) electrons. The Labute approximate surface area is 148 Å². The van der Waals surface area contributed by atoms with Gasteiger partial charge in [0.05, 0.1) is 18.3 Å². The van der Waals surface area contributed by atoms with Crippen LogP contribution < -0.4 is 10.1 Å². The van der Waals surface area contributed by atoms with Crippen LogP contribution in [0.15, 0.2) is 54.9 Å². The molecule has 0 spiro atoms. The lowest BCUT2D eigenvalue weighted by Crippen LogP contribution is -2.29. The number of allylic oxidation sites excluding steroid dienone is 2. The molecule has 1 aromatic heterocycles. The Morgan fingerprint density at radius 1 is 1.20 bits per heavy atom. The Morgan fingerprint density at radius 2 is 2.16 bits per heavy atom. The molecule has 130 valence electrons. The van der Waals surface area contributed by atoms with Crippen LogP contribution in [-0.4, -0.2) is 24.8 Å². The van der Waals surface area contributed by atoms with E-state index in [2.05, 4.69) is 40.7 Å². The van der Waals surface area contributed by atoms with Crippen molar-refractivity contribution in [3.05, 3.63) is 66.0 Å². The van der Waals surface area contributed by atoms with Crippen molar-refractivity contribution < 1.29 is 9.47 Å². The fourth-order valence-corrected chi connectivity index (χ4v) is 3.96. The standard InChI is InChI=1S/C21H24N2O2/c1-2-24-12-13-25-19-10-4-9-18-16-7-3-8-17(16)20(23-21(18)19)15-6-5-11-22-14-15/h3-7,9-11,14,16-17,20,23H,2,8,12-13H2,1H3. The molecular formula is C21H24N2O2. The van der Waals surface area contributed by atoms with Gasteiger partial charge in [-0.05, 0) is 42.5 Å². The predicted octanol–water partition coefficient (Wildman–Crippen LogP) is 4.32. The van der Waals surface area contributed by atoms with E-state index in [4.69, 9.17) is 9.47 Å². The molecule has 1 aliphatic heterocycles. The zero-order valence-corrected chi connectivity index (χ0v) is 14.5. The molecule has 0 amide bonds. The van der Waals surface area contributed by atoms with Gasteiger partial charge in [-0.2, -0.15) is 0 Å². The summed E-state index contributed by atoms with van der Waals surface area (Å²) in [5.74, 6) is 1.86. The third-order valence-corrected chi connectivity index (χ3v) is 5.09. The van der Waals surface area contributed by atoms with Crippen molar-refractivity contribution in [3.8, 4) is 5.75 Å². The first-order valence-corrected chi connectivity index (χ1v) is 9.05. The molecule has 4 nitrogen and oxygen atoms in total. The predicted molar refractivity (Wildman–Crippen MR) is 99.0 cm³/mol. The van der Waals surface area contributed by atoms with Crippen molar-refractivity contribution in [2.75, 3.05) is 25.1 Å². The number of benzene rings is 1. The molecule has 2 aliphatic rings. The molecule has 4 heteroatoms. The molecule has 3 unspecified atom stereocenters. The maximum atomic E-state index is 6.01. The summed E-state index contributed by atoms with van der Waals surface area (Å²) in [6, 6.07) is 10.8. The fraction of sp³-hybridized carbons (Fsp3) is 0.381. The van der Waals surface area contributed by atoms with E-state index >= 15 is 0 Å². The van der Waals surface area contributed by atoms with Crippen LogP contribution in [-0.2, 0) is 4.74 Å². The minimum absolute atomic E-state index is 0.248. The maximum absolute atomic E-state index is 6.01. The number of nitrogens with one attached hydrogen (secondary N) is 1. The Bertz CT molecular complexity index is 745. The zero-order valence-electron chi connectivity index (χ0n) is 14.5. The summed E-state index contributed by atoms with van der Waals surface area (Å²) in [5.41, 5.74) is 3.67. The smallest absolute Gasteiger partial charge is 0.142 e. The van der Waals surface area contributed by atoms with E-state index in [9.17, 15) is 0 Å². The summed E-state index contributed by atoms with van der Waals surface area (Å²) >= 11 is 0. The van der Waals surface area contributed by atoms with Crippen LogP contribution in [0.1, 0.15) is 36.4 Å².